The molecule has 2 heterocycles. The Morgan fingerprint density at radius 1 is 1.35 bits per heavy atom. The number of nitrogens with one attached hydrogen (secondary N) is 1. The minimum atomic E-state index is -0.453. The van der Waals surface area contributed by atoms with Gasteiger partial charge in [0, 0.05) is 10.9 Å². The number of amides is 2. The van der Waals surface area contributed by atoms with E-state index < -0.39 is 5.91 Å². The van der Waals surface area contributed by atoms with Crippen molar-refractivity contribution in [1.82, 2.24) is 4.98 Å². The smallest absolute Gasteiger partial charge is 0.261 e. The van der Waals surface area contributed by atoms with Crippen LogP contribution in [0.1, 0.15) is 33.1 Å². The molecule has 0 aromatic carbocycles. The normalized spacial score (nSPS) is 10.6. The number of thiazole rings is 1. The summed E-state index contributed by atoms with van der Waals surface area (Å²) in [6.07, 6.45) is 0.0647. The highest BCUT2D eigenvalue weighted by atomic mass is 32.1. The summed E-state index contributed by atoms with van der Waals surface area (Å²) in [7, 11) is 0. The Kier molecular flexibility index (Phi) is 3.89. The van der Waals surface area contributed by atoms with Gasteiger partial charge in [0.25, 0.3) is 5.91 Å². The van der Waals surface area contributed by atoms with Gasteiger partial charge < -0.3 is 10.2 Å². The van der Waals surface area contributed by atoms with Gasteiger partial charge in [-0.25, -0.2) is 4.98 Å². The summed E-state index contributed by atoms with van der Waals surface area (Å²) in [4.78, 5) is 27.1. The Morgan fingerprint density at radius 3 is 2.60 bits per heavy atom. The van der Waals surface area contributed by atoms with Crippen LogP contribution in [0.4, 0.5) is 5.13 Å². The lowest BCUT2D eigenvalue weighted by atomic mass is 10.1. The van der Waals surface area contributed by atoms with Gasteiger partial charge >= 0.3 is 0 Å². The largest absolute Gasteiger partial charge is 0.466 e. The number of furan rings is 1. The summed E-state index contributed by atoms with van der Waals surface area (Å²) < 4.78 is 5.42. The average Bonchev–Trinajstić information content (AvgIpc) is 2.84. The van der Waals surface area contributed by atoms with E-state index >= 15 is 0 Å². The molecular weight excluding hydrogens is 278 g/mol. The van der Waals surface area contributed by atoms with Gasteiger partial charge in [-0.1, -0.05) is 0 Å². The molecule has 0 bridgehead atoms. The first kappa shape index (κ1) is 14.3. The predicted molar refractivity (Wildman–Crippen MR) is 75.9 cm³/mol. The topological polar surface area (TPSA) is 98.2 Å². The third-order valence-electron chi connectivity index (χ3n) is 2.92. The van der Waals surface area contributed by atoms with Gasteiger partial charge in [-0.2, -0.15) is 0 Å². The molecule has 2 rings (SSSR count). The number of aryl methyl sites for hydroxylation is 2. The van der Waals surface area contributed by atoms with Gasteiger partial charge in [0.2, 0.25) is 5.91 Å². The Bertz CT molecular complexity index is 672. The molecule has 2 aromatic heterocycles. The fourth-order valence-corrected chi connectivity index (χ4v) is 2.62. The highest BCUT2D eigenvalue weighted by molar-refractivity contribution is 7.14. The SMILES string of the molecule is Cc1oc(C)c(C(=O)Nc2nc(CC(N)=O)cs2)c1C. The maximum atomic E-state index is 12.2. The van der Waals surface area contributed by atoms with E-state index in [1.54, 1.807) is 12.3 Å². The number of nitrogens with zero attached hydrogens (tertiary/aromatic N) is 1. The molecule has 0 aliphatic carbocycles. The van der Waals surface area contributed by atoms with Gasteiger partial charge in [0.05, 0.1) is 17.7 Å². The molecule has 0 atom stereocenters. The van der Waals surface area contributed by atoms with E-state index in [1.165, 1.54) is 11.3 Å². The van der Waals surface area contributed by atoms with Crippen LogP contribution < -0.4 is 11.1 Å². The number of carbonyl (C=O) groups excluding carboxylic acids is 2. The molecule has 7 heteroatoms. The number of hydrogen-bond donors (Lipinski definition) is 2. The second kappa shape index (κ2) is 5.46. The maximum absolute atomic E-state index is 12.2. The Morgan fingerprint density at radius 2 is 2.05 bits per heavy atom. The molecule has 6 nitrogen and oxygen atoms in total. The quantitative estimate of drug-likeness (QED) is 0.900. The zero-order valence-electron chi connectivity index (χ0n) is 11.4. The summed E-state index contributed by atoms with van der Waals surface area (Å²) >= 11 is 1.25. The lowest BCUT2D eigenvalue weighted by Gasteiger charge is -2.01. The molecule has 0 saturated carbocycles. The molecule has 0 aliphatic rings. The monoisotopic (exact) mass is 293 g/mol. The van der Waals surface area contributed by atoms with Gasteiger partial charge in [-0.15, -0.1) is 11.3 Å². The summed E-state index contributed by atoms with van der Waals surface area (Å²) in [5, 5.41) is 4.83. The summed E-state index contributed by atoms with van der Waals surface area (Å²) in [6, 6.07) is 0. The molecule has 3 N–H and O–H groups in total. The highest BCUT2D eigenvalue weighted by Gasteiger charge is 2.19. The van der Waals surface area contributed by atoms with Crippen LogP contribution in [0.2, 0.25) is 0 Å². The minimum absolute atomic E-state index is 0.0647. The fraction of sp³-hybridized carbons (Fsp3) is 0.308. The maximum Gasteiger partial charge on any atom is 0.261 e. The summed E-state index contributed by atoms with van der Waals surface area (Å²) in [5.74, 6) is 0.578. The second-order valence-electron chi connectivity index (χ2n) is 4.46. The van der Waals surface area contributed by atoms with Crippen molar-refractivity contribution in [2.24, 2.45) is 5.73 Å². The van der Waals surface area contributed by atoms with Crippen LogP contribution in [0.5, 0.6) is 0 Å². The number of anilines is 1. The molecule has 2 amide bonds. The van der Waals surface area contributed by atoms with E-state index in [2.05, 4.69) is 10.3 Å². The van der Waals surface area contributed by atoms with E-state index in [1.807, 2.05) is 13.8 Å². The molecule has 0 spiro atoms. The molecule has 0 aliphatic heterocycles. The van der Waals surface area contributed by atoms with Crippen LogP contribution in [-0.4, -0.2) is 16.8 Å². The first-order valence-electron chi connectivity index (χ1n) is 5.99. The van der Waals surface area contributed by atoms with Crippen LogP contribution in [0.3, 0.4) is 0 Å². The van der Waals surface area contributed by atoms with Crippen LogP contribution in [0.25, 0.3) is 0 Å². The second-order valence-corrected chi connectivity index (χ2v) is 5.31. The summed E-state index contributed by atoms with van der Waals surface area (Å²) in [5.41, 5.74) is 6.98. The van der Waals surface area contributed by atoms with E-state index in [-0.39, 0.29) is 12.3 Å². The van der Waals surface area contributed by atoms with Crippen molar-refractivity contribution in [3.05, 3.63) is 33.7 Å². The van der Waals surface area contributed by atoms with Crippen LogP contribution in [-0.2, 0) is 11.2 Å². The van der Waals surface area contributed by atoms with Crippen molar-refractivity contribution in [2.45, 2.75) is 27.2 Å². The third kappa shape index (κ3) is 2.88. The molecular formula is C13H15N3O3S. The van der Waals surface area contributed by atoms with Crippen molar-refractivity contribution in [1.29, 1.82) is 0 Å². The van der Waals surface area contributed by atoms with Crippen LogP contribution in [0, 0.1) is 20.8 Å². The molecule has 0 fully saturated rings. The molecule has 106 valence electrons. The van der Waals surface area contributed by atoms with Crippen LogP contribution >= 0.6 is 11.3 Å². The number of rotatable bonds is 4. The average molecular weight is 293 g/mol. The first-order valence-corrected chi connectivity index (χ1v) is 6.87. The third-order valence-corrected chi connectivity index (χ3v) is 3.72. The lowest BCUT2D eigenvalue weighted by molar-refractivity contribution is -0.117. The summed E-state index contributed by atoms with van der Waals surface area (Å²) in [6.45, 7) is 5.39. The van der Waals surface area contributed by atoms with Crippen molar-refractivity contribution in [3.8, 4) is 0 Å². The van der Waals surface area contributed by atoms with Crippen molar-refractivity contribution in [2.75, 3.05) is 5.32 Å². The van der Waals surface area contributed by atoms with Crippen molar-refractivity contribution < 1.29 is 14.0 Å². The number of hydrogen-bond acceptors (Lipinski definition) is 5. The Hall–Kier alpha value is -2.15. The first-order chi connectivity index (χ1) is 9.38. The minimum Gasteiger partial charge on any atom is -0.466 e. The standard InChI is InChI=1S/C13H15N3O3S/c1-6-7(2)19-8(3)11(6)12(18)16-13-15-9(5-20-13)4-10(14)17/h5H,4H2,1-3H3,(H2,14,17)(H,15,16,18). The van der Waals surface area contributed by atoms with Gasteiger partial charge in [0.15, 0.2) is 5.13 Å². The number of carbonyl (C=O) groups is 2. The van der Waals surface area contributed by atoms with Crippen molar-refractivity contribution >= 4 is 28.3 Å². The molecule has 0 saturated heterocycles. The van der Waals surface area contributed by atoms with Crippen LogP contribution in [0.15, 0.2) is 9.80 Å². The van der Waals surface area contributed by atoms with E-state index in [9.17, 15) is 9.59 Å². The number of nitrogens with two attached hydrogens (primary N) is 1. The Labute approximate surface area is 120 Å². The number of aromatic nitrogens is 1. The van der Waals surface area contributed by atoms with Gasteiger partial charge in [-0.05, 0) is 20.8 Å². The zero-order valence-corrected chi connectivity index (χ0v) is 12.3. The fourth-order valence-electron chi connectivity index (χ4n) is 1.91. The molecule has 0 unspecified atom stereocenters. The zero-order chi connectivity index (χ0) is 14.9. The Balaban J connectivity index is 2.15. The predicted octanol–water partition coefficient (Wildman–Crippen LogP) is 1.94. The highest BCUT2D eigenvalue weighted by Crippen LogP contribution is 2.23. The van der Waals surface area contributed by atoms with E-state index in [0.29, 0.717) is 22.1 Å². The van der Waals surface area contributed by atoms with Gasteiger partial charge in [0.1, 0.15) is 11.5 Å². The molecule has 2 aromatic rings. The molecule has 0 radical (unpaired) electrons. The van der Waals surface area contributed by atoms with E-state index in [4.69, 9.17) is 10.2 Å². The van der Waals surface area contributed by atoms with Gasteiger partial charge in [-0.3, -0.25) is 14.9 Å². The lowest BCUT2D eigenvalue weighted by Crippen LogP contribution is -2.15. The molecule has 20 heavy (non-hydrogen) atoms. The van der Waals surface area contributed by atoms with E-state index in [0.717, 1.165) is 11.3 Å². The number of primary amides is 1. The van der Waals surface area contributed by atoms with Crippen molar-refractivity contribution in [3.63, 3.8) is 0 Å².